The molecule has 0 amide bonds. The summed E-state index contributed by atoms with van der Waals surface area (Å²) < 4.78 is 5.83. The molecule has 5 N–H and O–H groups in total. The summed E-state index contributed by atoms with van der Waals surface area (Å²) in [4.78, 5) is 0. The largest absolute Gasteiger partial charge is 0.385 e. The molecule has 142 valence electrons. The summed E-state index contributed by atoms with van der Waals surface area (Å²) in [6.07, 6.45) is 1.82. The van der Waals surface area contributed by atoms with E-state index >= 15 is 0 Å². The third-order valence-corrected chi connectivity index (χ3v) is 5.23. The summed E-state index contributed by atoms with van der Waals surface area (Å²) in [5, 5.41) is 15.8. The highest BCUT2D eigenvalue weighted by atomic mass is 35.5. The van der Waals surface area contributed by atoms with E-state index in [0.29, 0.717) is 19.2 Å². The predicted octanol–water partition coefficient (Wildman–Crippen LogP) is 1.62. The molecule has 0 unspecified atom stereocenters. The predicted molar refractivity (Wildman–Crippen MR) is 102 cm³/mol. The van der Waals surface area contributed by atoms with Crippen molar-refractivity contribution in [1.82, 2.24) is 0 Å². The van der Waals surface area contributed by atoms with Gasteiger partial charge in [-0.25, -0.2) is 0 Å². The van der Waals surface area contributed by atoms with Crippen molar-refractivity contribution in [1.29, 1.82) is 0 Å². The fourth-order valence-electron chi connectivity index (χ4n) is 4.27. The smallest absolute Gasteiger partial charge is 0.126 e. The van der Waals surface area contributed by atoms with Gasteiger partial charge in [0.25, 0.3) is 0 Å². The second kappa shape index (κ2) is 8.36. The third-order valence-electron chi connectivity index (χ3n) is 4.98. The Bertz CT molecular complexity index is 529. The molecule has 0 saturated carbocycles. The summed E-state index contributed by atoms with van der Waals surface area (Å²) in [6.45, 7) is 12.3. The van der Waals surface area contributed by atoms with Gasteiger partial charge in [-0.15, -0.1) is 0 Å². The lowest BCUT2D eigenvalue weighted by Crippen LogP contribution is -3.09. The molecule has 1 aromatic carbocycles. The molecule has 0 aromatic heterocycles. The van der Waals surface area contributed by atoms with Crippen molar-refractivity contribution < 1.29 is 20.5 Å². The van der Waals surface area contributed by atoms with Gasteiger partial charge in [0.15, 0.2) is 0 Å². The lowest BCUT2D eigenvalue weighted by atomic mass is 9.79. The third kappa shape index (κ3) is 6.87. The minimum atomic E-state index is -0.452. The molecule has 1 heterocycles. The van der Waals surface area contributed by atoms with Gasteiger partial charge in [-0.3, -0.25) is 0 Å². The monoisotopic (exact) mass is 370 g/mol. The van der Waals surface area contributed by atoms with Crippen molar-refractivity contribution >= 4 is 11.6 Å². The van der Waals surface area contributed by atoms with E-state index in [0.717, 1.165) is 23.4 Å². The second-order valence-corrected chi connectivity index (χ2v) is 9.38. The number of nitrogens with two attached hydrogens (primary N) is 2. The van der Waals surface area contributed by atoms with Gasteiger partial charge in [0.05, 0.1) is 42.7 Å². The van der Waals surface area contributed by atoms with Gasteiger partial charge in [0.2, 0.25) is 0 Å². The zero-order valence-corrected chi connectivity index (χ0v) is 17.0. The summed E-state index contributed by atoms with van der Waals surface area (Å²) in [6, 6.07) is 8.22. The van der Waals surface area contributed by atoms with Crippen molar-refractivity contribution in [2.75, 3.05) is 13.2 Å². The van der Waals surface area contributed by atoms with Gasteiger partial charge in [-0.2, -0.15) is 0 Å². The average molecular weight is 371 g/mol. The standard InChI is InChI=1S/C20H33ClN2O2/c1-14(15-6-8-16(21)9-7-15)25-13-18(24)12-22-17-10-19(2,3)23-20(4,5)11-17/h6-9,14,17-18,22-24H,10-13H2,1-5H3/p+2/t14-,18-/m0/s1. The molecule has 25 heavy (non-hydrogen) atoms. The maximum absolute atomic E-state index is 10.3. The van der Waals surface area contributed by atoms with Gasteiger partial charge in [-0.1, -0.05) is 23.7 Å². The van der Waals surface area contributed by atoms with Crippen LogP contribution in [0.15, 0.2) is 24.3 Å². The van der Waals surface area contributed by atoms with Gasteiger partial charge >= 0.3 is 0 Å². The first-order valence-corrected chi connectivity index (χ1v) is 9.70. The van der Waals surface area contributed by atoms with Crippen LogP contribution in [0.1, 0.15) is 59.1 Å². The van der Waals surface area contributed by atoms with E-state index in [2.05, 4.69) is 38.3 Å². The first-order chi connectivity index (χ1) is 11.6. The zero-order chi connectivity index (χ0) is 18.7. The van der Waals surface area contributed by atoms with Gasteiger partial charge in [-0.05, 0) is 52.3 Å². The second-order valence-electron chi connectivity index (χ2n) is 8.94. The first-order valence-electron chi connectivity index (χ1n) is 9.32. The molecule has 0 spiro atoms. The number of hydrogen-bond acceptors (Lipinski definition) is 2. The quantitative estimate of drug-likeness (QED) is 0.683. The van der Waals surface area contributed by atoms with Crippen molar-refractivity contribution in [3.8, 4) is 0 Å². The lowest BCUT2D eigenvalue weighted by molar-refractivity contribution is -0.814. The molecule has 1 fully saturated rings. The number of aliphatic hydroxyl groups is 1. The number of aliphatic hydroxyl groups excluding tert-OH is 1. The van der Waals surface area contributed by atoms with Crippen LogP contribution in [-0.2, 0) is 4.74 Å². The maximum atomic E-state index is 10.3. The van der Waals surface area contributed by atoms with E-state index in [9.17, 15) is 5.11 Å². The van der Waals surface area contributed by atoms with Crippen LogP contribution < -0.4 is 10.6 Å². The number of hydrogen-bond donors (Lipinski definition) is 3. The molecule has 5 heteroatoms. The highest BCUT2D eigenvalue weighted by Gasteiger charge is 2.43. The topological polar surface area (TPSA) is 62.7 Å². The maximum Gasteiger partial charge on any atom is 0.126 e. The minimum absolute atomic E-state index is 0.0472. The molecule has 4 nitrogen and oxygen atoms in total. The van der Waals surface area contributed by atoms with Crippen LogP contribution >= 0.6 is 11.6 Å². The first kappa shape index (κ1) is 20.7. The van der Waals surface area contributed by atoms with Crippen LogP contribution in [0.3, 0.4) is 0 Å². The molecule has 0 radical (unpaired) electrons. The molecule has 1 aliphatic heterocycles. The molecule has 1 aliphatic rings. The van der Waals surface area contributed by atoms with Gasteiger partial charge < -0.3 is 20.5 Å². The Hall–Kier alpha value is -0.650. The van der Waals surface area contributed by atoms with E-state index in [1.165, 1.54) is 0 Å². The zero-order valence-electron chi connectivity index (χ0n) is 16.3. The Labute approximate surface area is 157 Å². The number of rotatable bonds is 7. The SMILES string of the molecule is C[C@H](OC[C@@H](O)C[NH2+]C1CC(C)(C)[NH2+]C(C)(C)C1)c1ccc(Cl)cc1. The Balaban J connectivity index is 1.75. The summed E-state index contributed by atoms with van der Waals surface area (Å²) in [7, 11) is 0. The van der Waals surface area contributed by atoms with Crippen LogP contribution in [-0.4, -0.2) is 41.5 Å². The molecule has 2 rings (SSSR count). The highest BCUT2D eigenvalue weighted by Crippen LogP contribution is 2.20. The van der Waals surface area contributed by atoms with Gasteiger partial charge in [0.1, 0.15) is 12.6 Å². The Morgan fingerprint density at radius 2 is 1.76 bits per heavy atom. The van der Waals surface area contributed by atoms with Crippen LogP contribution in [0.4, 0.5) is 0 Å². The Morgan fingerprint density at radius 1 is 1.20 bits per heavy atom. The van der Waals surface area contributed by atoms with Crippen LogP contribution in [0, 0.1) is 0 Å². The number of quaternary nitrogens is 2. The summed E-state index contributed by atoms with van der Waals surface area (Å²) >= 11 is 5.91. The van der Waals surface area contributed by atoms with Crippen molar-refractivity contribution in [2.24, 2.45) is 0 Å². The number of piperidine rings is 1. The molecular weight excluding hydrogens is 336 g/mol. The normalized spacial score (nSPS) is 22.5. The van der Waals surface area contributed by atoms with E-state index in [1.807, 2.05) is 31.2 Å². The number of ether oxygens (including phenoxy) is 1. The van der Waals surface area contributed by atoms with Crippen molar-refractivity contribution in [3.05, 3.63) is 34.9 Å². The molecule has 0 aliphatic carbocycles. The fourth-order valence-corrected chi connectivity index (χ4v) is 4.39. The van der Waals surface area contributed by atoms with E-state index in [4.69, 9.17) is 16.3 Å². The Morgan fingerprint density at radius 3 is 2.32 bits per heavy atom. The number of halogens is 1. The Kier molecular flexibility index (Phi) is 6.91. The van der Waals surface area contributed by atoms with Crippen molar-refractivity contribution in [3.63, 3.8) is 0 Å². The lowest BCUT2D eigenvalue weighted by Gasteiger charge is -2.41. The molecule has 2 atom stereocenters. The molecule has 0 bridgehead atoms. The van der Waals surface area contributed by atoms with Crippen LogP contribution in [0.5, 0.6) is 0 Å². The molecule has 1 saturated heterocycles. The average Bonchev–Trinajstić information content (AvgIpc) is 2.48. The summed E-state index contributed by atoms with van der Waals surface area (Å²) in [5.41, 5.74) is 1.59. The van der Waals surface area contributed by atoms with Crippen molar-refractivity contribution in [2.45, 2.75) is 76.8 Å². The van der Waals surface area contributed by atoms with E-state index < -0.39 is 6.10 Å². The molecular formula is C20H35ClN2O2+2. The summed E-state index contributed by atoms with van der Waals surface area (Å²) in [5.74, 6) is 0. The van der Waals surface area contributed by atoms with E-state index in [1.54, 1.807) is 0 Å². The highest BCUT2D eigenvalue weighted by molar-refractivity contribution is 6.30. The fraction of sp³-hybridized carbons (Fsp3) is 0.700. The van der Waals surface area contributed by atoms with Crippen LogP contribution in [0.2, 0.25) is 5.02 Å². The number of benzene rings is 1. The molecule has 1 aromatic rings. The van der Waals surface area contributed by atoms with Gasteiger partial charge in [0, 0.05) is 5.02 Å². The minimum Gasteiger partial charge on any atom is -0.385 e. The van der Waals surface area contributed by atoms with Crippen LogP contribution in [0.25, 0.3) is 0 Å². The van der Waals surface area contributed by atoms with E-state index in [-0.39, 0.29) is 17.2 Å².